The first-order chi connectivity index (χ1) is 15.2. The van der Waals surface area contributed by atoms with Crippen LogP contribution in [0.15, 0.2) is 60.7 Å². The van der Waals surface area contributed by atoms with E-state index in [9.17, 15) is 14.4 Å². The first kappa shape index (κ1) is 23.2. The van der Waals surface area contributed by atoms with Crippen molar-refractivity contribution < 1.29 is 14.4 Å². The van der Waals surface area contributed by atoms with E-state index >= 15 is 0 Å². The van der Waals surface area contributed by atoms with E-state index in [4.69, 9.17) is 11.6 Å². The summed E-state index contributed by atoms with van der Waals surface area (Å²) in [4.78, 5) is 40.0. The normalized spacial score (nSPS) is 10.5. The minimum Gasteiger partial charge on any atom is -0.332 e. The number of amides is 2. The molecule has 0 aliphatic rings. The second-order valence-corrected chi connectivity index (χ2v) is 8.30. The van der Waals surface area contributed by atoms with Gasteiger partial charge in [-0.15, -0.1) is 0 Å². The van der Waals surface area contributed by atoms with Crippen molar-refractivity contribution in [3.63, 3.8) is 0 Å². The van der Waals surface area contributed by atoms with E-state index in [2.05, 4.69) is 5.32 Å². The smallest absolute Gasteiger partial charge is 0.254 e. The first-order valence-corrected chi connectivity index (χ1v) is 10.6. The van der Waals surface area contributed by atoms with Crippen molar-refractivity contribution in [2.45, 2.75) is 20.8 Å². The Balaban J connectivity index is 1.77. The molecule has 1 N–H and O–H groups in total. The summed E-state index contributed by atoms with van der Waals surface area (Å²) in [6.07, 6.45) is 0. The number of likely N-dealkylation sites (N-methyl/N-ethyl adjacent to an activating group) is 1. The summed E-state index contributed by atoms with van der Waals surface area (Å²) in [5.41, 5.74) is 4.74. The average molecular weight is 449 g/mol. The number of ketones is 1. The highest BCUT2D eigenvalue weighted by Crippen LogP contribution is 2.22. The summed E-state index contributed by atoms with van der Waals surface area (Å²) in [6, 6.07) is 17.1. The number of aryl methyl sites for hydroxylation is 3. The number of rotatable bonds is 6. The van der Waals surface area contributed by atoms with E-state index in [1.165, 1.54) is 4.90 Å². The van der Waals surface area contributed by atoms with Gasteiger partial charge in [0.05, 0.1) is 12.1 Å². The summed E-state index contributed by atoms with van der Waals surface area (Å²) in [5.74, 6) is -0.998. The van der Waals surface area contributed by atoms with Crippen molar-refractivity contribution in [2.75, 3.05) is 18.9 Å². The highest BCUT2D eigenvalue weighted by Gasteiger charge is 2.22. The monoisotopic (exact) mass is 448 g/mol. The van der Waals surface area contributed by atoms with Gasteiger partial charge < -0.3 is 10.2 Å². The van der Waals surface area contributed by atoms with Gasteiger partial charge >= 0.3 is 0 Å². The molecule has 0 fully saturated rings. The van der Waals surface area contributed by atoms with Gasteiger partial charge in [-0.3, -0.25) is 14.4 Å². The van der Waals surface area contributed by atoms with E-state index in [-0.39, 0.29) is 29.4 Å². The lowest BCUT2D eigenvalue weighted by Gasteiger charge is -2.19. The standard InChI is InChI=1S/C26H25ClN2O3/c1-16-13-17(2)24(18(3)14-16)28-23(30)15-29(4)26(32)22-8-6-5-7-21(22)25(31)19-9-11-20(27)12-10-19/h5-14H,15H2,1-4H3,(H,28,30). The van der Waals surface area contributed by atoms with E-state index in [0.717, 1.165) is 22.4 Å². The third-order valence-corrected chi connectivity index (χ3v) is 5.43. The molecule has 0 radical (unpaired) electrons. The van der Waals surface area contributed by atoms with Crippen LogP contribution in [-0.2, 0) is 4.79 Å². The summed E-state index contributed by atoms with van der Waals surface area (Å²) in [5, 5.41) is 3.42. The van der Waals surface area contributed by atoms with Gasteiger partial charge in [0.2, 0.25) is 5.91 Å². The van der Waals surface area contributed by atoms with Gasteiger partial charge in [0.25, 0.3) is 5.91 Å². The number of carbonyl (C=O) groups is 3. The molecule has 3 aromatic rings. The minimum atomic E-state index is -0.407. The molecule has 3 aromatic carbocycles. The van der Waals surface area contributed by atoms with Crippen molar-refractivity contribution in [2.24, 2.45) is 0 Å². The molecule has 0 saturated carbocycles. The molecule has 2 amide bonds. The summed E-state index contributed by atoms with van der Waals surface area (Å²) in [7, 11) is 1.54. The van der Waals surface area contributed by atoms with Crippen molar-refractivity contribution in [1.82, 2.24) is 4.90 Å². The molecular formula is C26H25ClN2O3. The summed E-state index contributed by atoms with van der Waals surface area (Å²) < 4.78 is 0. The molecule has 0 atom stereocenters. The van der Waals surface area contributed by atoms with Crippen LogP contribution in [0.4, 0.5) is 5.69 Å². The predicted octanol–water partition coefficient (Wildman–Crippen LogP) is 5.21. The number of hydrogen-bond acceptors (Lipinski definition) is 3. The molecule has 3 rings (SSSR count). The van der Waals surface area contributed by atoms with E-state index in [0.29, 0.717) is 10.6 Å². The molecule has 0 heterocycles. The molecule has 0 aliphatic heterocycles. The van der Waals surface area contributed by atoms with Crippen molar-refractivity contribution in [3.05, 3.63) is 99.1 Å². The second kappa shape index (κ2) is 9.79. The number of nitrogens with one attached hydrogen (secondary N) is 1. The van der Waals surface area contributed by atoms with Gasteiger partial charge in [0.15, 0.2) is 5.78 Å². The van der Waals surface area contributed by atoms with Crippen LogP contribution in [0, 0.1) is 20.8 Å². The number of benzene rings is 3. The fraction of sp³-hybridized carbons (Fsp3) is 0.192. The zero-order chi connectivity index (χ0) is 23.4. The van der Waals surface area contributed by atoms with E-state index in [1.807, 2.05) is 32.9 Å². The Labute approximate surface area is 193 Å². The van der Waals surface area contributed by atoms with Gasteiger partial charge in [0, 0.05) is 28.9 Å². The zero-order valence-corrected chi connectivity index (χ0v) is 19.3. The zero-order valence-electron chi connectivity index (χ0n) is 18.5. The van der Waals surface area contributed by atoms with Gasteiger partial charge in [-0.25, -0.2) is 0 Å². The largest absolute Gasteiger partial charge is 0.332 e. The predicted molar refractivity (Wildman–Crippen MR) is 128 cm³/mol. The van der Waals surface area contributed by atoms with Gasteiger partial charge in [0.1, 0.15) is 0 Å². The lowest BCUT2D eigenvalue weighted by atomic mass is 9.97. The van der Waals surface area contributed by atoms with Gasteiger partial charge in [-0.1, -0.05) is 47.5 Å². The van der Waals surface area contributed by atoms with Crippen LogP contribution in [0.1, 0.15) is 43.0 Å². The van der Waals surface area contributed by atoms with Crippen molar-refractivity contribution >= 4 is 34.9 Å². The van der Waals surface area contributed by atoms with Crippen LogP contribution in [0.2, 0.25) is 5.02 Å². The van der Waals surface area contributed by atoms with Crippen LogP contribution < -0.4 is 5.32 Å². The molecule has 0 bridgehead atoms. The number of nitrogens with zero attached hydrogens (tertiary/aromatic N) is 1. The maximum atomic E-state index is 13.1. The SMILES string of the molecule is Cc1cc(C)c(NC(=O)CN(C)C(=O)c2ccccc2C(=O)c2ccc(Cl)cc2)c(C)c1. The molecule has 164 valence electrons. The molecule has 6 heteroatoms. The average Bonchev–Trinajstić information content (AvgIpc) is 2.75. The highest BCUT2D eigenvalue weighted by molar-refractivity contribution is 6.30. The quantitative estimate of drug-likeness (QED) is 0.526. The fourth-order valence-electron chi connectivity index (χ4n) is 3.67. The molecule has 0 aromatic heterocycles. The van der Waals surface area contributed by atoms with E-state index < -0.39 is 5.91 Å². The third kappa shape index (κ3) is 5.24. The molecule has 0 saturated heterocycles. The molecule has 0 unspecified atom stereocenters. The molecule has 5 nitrogen and oxygen atoms in total. The Hall–Kier alpha value is -3.44. The molecule has 0 spiro atoms. The second-order valence-electron chi connectivity index (χ2n) is 7.86. The first-order valence-electron chi connectivity index (χ1n) is 10.2. The van der Waals surface area contributed by atoms with Crippen molar-refractivity contribution in [3.8, 4) is 0 Å². The fourth-order valence-corrected chi connectivity index (χ4v) is 3.80. The maximum absolute atomic E-state index is 13.1. The number of anilines is 1. The van der Waals surface area contributed by atoms with E-state index in [1.54, 1.807) is 55.6 Å². The van der Waals surface area contributed by atoms with Crippen LogP contribution in [0.3, 0.4) is 0 Å². The topological polar surface area (TPSA) is 66.5 Å². The number of hydrogen-bond donors (Lipinski definition) is 1. The Morgan fingerprint density at radius 1 is 0.875 bits per heavy atom. The number of halogens is 1. The van der Waals surface area contributed by atoms with Crippen LogP contribution >= 0.6 is 11.6 Å². The highest BCUT2D eigenvalue weighted by atomic mass is 35.5. The lowest BCUT2D eigenvalue weighted by molar-refractivity contribution is -0.116. The molecular weight excluding hydrogens is 424 g/mol. The summed E-state index contributed by atoms with van der Waals surface area (Å²) >= 11 is 5.91. The minimum absolute atomic E-state index is 0.144. The summed E-state index contributed by atoms with van der Waals surface area (Å²) in [6.45, 7) is 5.72. The van der Waals surface area contributed by atoms with Gasteiger partial charge in [-0.2, -0.15) is 0 Å². The third-order valence-electron chi connectivity index (χ3n) is 5.18. The Bertz CT molecular complexity index is 1160. The van der Waals surface area contributed by atoms with Gasteiger partial charge in [-0.05, 0) is 62.2 Å². The van der Waals surface area contributed by atoms with Crippen LogP contribution in [-0.4, -0.2) is 36.1 Å². The maximum Gasteiger partial charge on any atom is 0.254 e. The Morgan fingerprint density at radius 3 is 2.03 bits per heavy atom. The Morgan fingerprint density at radius 2 is 1.44 bits per heavy atom. The molecule has 32 heavy (non-hydrogen) atoms. The van der Waals surface area contributed by atoms with Crippen LogP contribution in [0.5, 0.6) is 0 Å². The Kier molecular flexibility index (Phi) is 7.11. The van der Waals surface area contributed by atoms with Crippen LogP contribution in [0.25, 0.3) is 0 Å². The lowest BCUT2D eigenvalue weighted by Crippen LogP contribution is -2.35. The molecule has 0 aliphatic carbocycles. The van der Waals surface area contributed by atoms with Crippen molar-refractivity contribution in [1.29, 1.82) is 0 Å². The number of carbonyl (C=O) groups excluding carboxylic acids is 3.